The standard InChI is InChI=1S/C10H10ClF3N4O2/c11-6-3-5(7(15)19)8(17-16-6)18-2-1-9(20,4-18)10(12,13)14/h3,20H,1-2,4H2,(H2,15,19). The van der Waals surface area contributed by atoms with Crippen molar-refractivity contribution in [1.82, 2.24) is 10.2 Å². The number of hydrogen-bond donors (Lipinski definition) is 2. The molecule has 1 aliphatic rings. The van der Waals surface area contributed by atoms with E-state index in [1.807, 2.05) is 0 Å². The first-order valence-corrected chi connectivity index (χ1v) is 5.89. The van der Waals surface area contributed by atoms with Crippen molar-refractivity contribution in [2.75, 3.05) is 18.0 Å². The number of alkyl halides is 3. The lowest BCUT2D eigenvalue weighted by atomic mass is 10.0. The number of carbonyl (C=O) groups excluding carboxylic acids is 1. The highest BCUT2D eigenvalue weighted by atomic mass is 35.5. The van der Waals surface area contributed by atoms with Crippen LogP contribution in [0.25, 0.3) is 0 Å². The van der Waals surface area contributed by atoms with Crippen molar-refractivity contribution in [2.45, 2.75) is 18.2 Å². The van der Waals surface area contributed by atoms with Gasteiger partial charge in [0, 0.05) is 13.0 Å². The molecule has 0 spiro atoms. The first kappa shape index (κ1) is 14.8. The summed E-state index contributed by atoms with van der Waals surface area (Å²) < 4.78 is 38.2. The highest BCUT2D eigenvalue weighted by Crippen LogP contribution is 2.39. The van der Waals surface area contributed by atoms with E-state index in [1.54, 1.807) is 0 Å². The first-order chi connectivity index (χ1) is 9.14. The average Bonchev–Trinajstić information content (AvgIpc) is 2.72. The zero-order valence-corrected chi connectivity index (χ0v) is 10.7. The Morgan fingerprint density at radius 3 is 2.65 bits per heavy atom. The number of nitrogens with zero attached hydrogens (tertiary/aromatic N) is 3. The number of amides is 1. The number of primary amides is 1. The first-order valence-electron chi connectivity index (χ1n) is 5.51. The largest absolute Gasteiger partial charge is 0.418 e. The summed E-state index contributed by atoms with van der Waals surface area (Å²) in [5.74, 6) is -1.01. The second-order valence-corrected chi connectivity index (χ2v) is 4.86. The third-order valence-corrected chi connectivity index (χ3v) is 3.27. The number of rotatable bonds is 2. The molecule has 0 aromatic carbocycles. The van der Waals surface area contributed by atoms with Crippen LogP contribution >= 0.6 is 11.6 Å². The van der Waals surface area contributed by atoms with Gasteiger partial charge in [0.05, 0.1) is 12.1 Å². The second kappa shape index (κ2) is 4.74. The molecule has 3 N–H and O–H groups in total. The van der Waals surface area contributed by atoms with Crippen LogP contribution in [0.5, 0.6) is 0 Å². The molecule has 1 amide bonds. The summed E-state index contributed by atoms with van der Waals surface area (Å²) in [7, 11) is 0. The van der Waals surface area contributed by atoms with Crippen LogP contribution in [0.4, 0.5) is 19.0 Å². The summed E-state index contributed by atoms with van der Waals surface area (Å²) in [5, 5.41) is 16.6. The molecule has 0 saturated carbocycles. The van der Waals surface area contributed by atoms with E-state index in [1.165, 1.54) is 0 Å². The summed E-state index contributed by atoms with van der Waals surface area (Å²) in [6.45, 7) is -0.875. The van der Waals surface area contributed by atoms with E-state index < -0.39 is 30.7 Å². The predicted octanol–water partition coefficient (Wildman–Crippen LogP) is 0.732. The Morgan fingerprint density at radius 2 is 2.15 bits per heavy atom. The van der Waals surface area contributed by atoms with E-state index in [-0.39, 0.29) is 23.1 Å². The van der Waals surface area contributed by atoms with Crippen LogP contribution in [-0.2, 0) is 0 Å². The molecule has 0 aliphatic carbocycles. The fourth-order valence-electron chi connectivity index (χ4n) is 1.98. The van der Waals surface area contributed by atoms with Crippen molar-refractivity contribution >= 4 is 23.3 Å². The molecule has 110 valence electrons. The highest BCUT2D eigenvalue weighted by molar-refractivity contribution is 6.29. The molecule has 2 heterocycles. The third-order valence-electron chi connectivity index (χ3n) is 3.08. The van der Waals surface area contributed by atoms with E-state index in [2.05, 4.69) is 10.2 Å². The second-order valence-electron chi connectivity index (χ2n) is 4.47. The van der Waals surface area contributed by atoms with E-state index >= 15 is 0 Å². The van der Waals surface area contributed by atoms with Crippen molar-refractivity contribution in [3.8, 4) is 0 Å². The van der Waals surface area contributed by atoms with Crippen LogP contribution in [0.2, 0.25) is 5.15 Å². The Bertz CT molecular complexity index is 554. The van der Waals surface area contributed by atoms with Crippen molar-refractivity contribution in [2.24, 2.45) is 5.73 Å². The Kier molecular flexibility index (Phi) is 3.51. The fourth-order valence-corrected chi connectivity index (χ4v) is 2.13. The topological polar surface area (TPSA) is 92.3 Å². The zero-order chi connectivity index (χ0) is 15.1. The molecule has 20 heavy (non-hydrogen) atoms. The molecule has 1 aliphatic heterocycles. The molecular formula is C10H10ClF3N4O2. The minimum absolute atomic E-state index is 0.104. The van der Waals surface area contributed by atoms with E-state index in [0.717, 1.165) is 11.0 Å². The average molecular weight is 311 g/mol. The molecule has 1 unspecified atom stereocenters. The lowest BCUT2D eigenvalue weighted by Gasteiger charge is -2.26. The third kappa shape index (κ3) is 2.50. The number of β-amino-alcohol motifs (C(OH)–C–C–N with tert-alkyl or cyclic N) is 1. The molecule has 1 aromatic heterocycles. The van der Waals surface area contributed by atoms with Crippen LogP contribution < -0.4 is 10.6 Å². The quantitative estimate of drug-likeness (QED) is 0.840. The Balaban J connectivity index is 2.34. The lowest BCUT2D eigenvalue weighted by Crippen LogP contribution is -2.47. The molecule has 2 rings (SSSR count). The number of aliphatic hydroxyl groups is 1. The van der Waals surface area contributed by atoms with Crippen LogP contribution in [0.1, 0.15) is 16.8 Å². The zero-order valence-electron chi connectivity index (χ0n) is 9.98. The summed E-state index contributed by atoms with van der Waals surface area (Å²) in [6, 6.07) is 1.12. The minimum atomic E-state index is -4.77. The number of anilines is 1. The summed E-state index contributed by atoms with van der Waals surface area (Å²) >= 11 is 5.57. The molecule has 0 radical (unpaired) electrons. The van der Waals surface area contributed by atoms with Gasteiger partial charge >= 0.3 is 6.18 Å². The maximum Gasteiger partial charge on any atom is 0.418 e. The fraction of sp³-hybridized carbons (Fsp3) is 0.500. The normalized spacial score (nSPS) is 23.1. The van der Waals surface area contributed by atoms with Crippen LogP contribution in [0.3, 0.4) is 0 Å². The number of hydrogen-bond acceptors (Lipinski definition) is 5. The van der Waals surface area contributed by atoms with Crippen molar-refractivity contribution < 1.29 is 23.1 Å². The predicted molar refractivity (Wildman–Crippen MR) is 63.4 cm³/mol. The molecular weight excluding hydrogens is 301 g/mol. The Hall–Kier alpha value is -1.61. The monoisotopic (exact) mass is 310 g/mol. The van der Waals surface area contributed by atoms with Gasteiger partial charge in [-0.3, -0.25) is 4.79 Å². The lowest BCUT2D eigenvalue weighted by molar-refractivity contribution is -0.250. The van der Waals surface area contributed by atoms with Gasteiger partial charge in [0.25, 0.3) is 5.91 Å². The maximum atomic E-state index is 12.7. The van der Waals surface area contributed by atoms with E-state index in [0.29, 0.717) is 0 Å². The van der Waals surface area contributed by atoms with Gasteiger partial charge in [-0.2, -0.15) is 13.2 Å². The minimum Gasteiger partial charge on any atom is -0.379 e. The van der Waals surface area contributed by atoms with Crippen LogP contribution in [0, 0.1) is 0 Å². The SMILES string of the molecule is NC(=O)c1cc(Cl)nnc1N1CCC(O)(C(F)(F)F)C1. The molecule has 6 nitrogen and oxygen atoms in total. The summed E-state index contributed by atoms with van der Waals surface area (Å²) in [5.41, 5.74) is 2.14. The van der Waals surface area contributed by atoms with Gasteiger partial charge in [0.15, 0.2) is 16.6 Å². The van der Waals surface area contributed by atoms with Gasteiger partial charge in [-0.05, 0) is 6.07 Å². The highest BCUT2D eigenvalue weighted by Gasteiger charge is 2.57. The van der Waals surface area contributed by atoms with Crippen molar-refractivity contribution in [3.05, 3.63) is 16.8 Å². The van der Waals surface area contributed by atoms with Gasteiger partial charge in [0.1, 0.15) is 0 Å². The maximum absolute atomic E-state index is 12.7. The summed E-state index contributed by atoms with van der Waals surface area (Å²) in [4.78, 5) is 12.4. The summed E-state index contributed by atoms with van der Waals surface area (Å²) in [6.07, 6.45) is -5.30. The Labute approximate surface area is 116 Å². The number of carbonyl (C=O) groups is 1. The van der Waals surface area contributed by atoms with Gasteiger partial charge in [-0.1, -0.05) is 11.6 Å². The molecule has 0 bridgehead atoms. The number of nitrogens with two attached hydrogens (primary N) is 1. The number of aromatic nitrogens is 2. The van der Waals surface area contributed by atoms with Crippen molar-refractivity contribution in [1.29, 1.82) is 0 Å². The van der Waals surface area contributed by atoms with Gasteiger partial charge in [-0.15, -0.1) is 10.2 Å². The Morgan fingerprint density at radius 1 is 1.50 bits per heavy atom. The van der Waals surface area contributed by atoms with Gasteiger partial charge in [-0.25, -0.2) is 0 Å². The molecule has 1 saturated heterocycles. The molecule has 1 fully saturated rings. The molecule has 1 aromatic rings. The van der Waals surface area contributed by atoms with Gasteiger partial charge in [0.2, 0.25) is 0 Å². The van der Waals surface area contributed by atoms with E-state index in [4.69, 9.17) is 17.3 Å². The number of halogens is 4. The smallest absolute Gasteiger partial charge is 0.379 e. The van der Waals surface area contributed by atoms with Crippen LogP contribution in [-0.4, -0.2) is 46.1 Å². The van der Waals surface area contributed by atoms with Crippen LogP contribution in [0.15, 0.2) is 6.07 Å². The molecule has 10 heteroatoms. The van der Waals surface area contributed by atoms with E-state index in [9.17, 15) is 23.1 Å². The van der Waals surface area contributed by atoms with Gasteiger partial charge < -0.3 is 15.7 Å². The van der Waals surface area contributed by atoms with Crippen molar-refractivity contribution in [3.63, 3.8) is 0 Å². The molecule has 1 atom stereocenters.